The Morgan fingerprint density at radius 2 is 2.05 bits per heavy atom. The third-order valence-corrected chi connectivity index (χ3v) is 3.98. The summed E-state index contributed by atoms with van der Waals surface area (Å²) in [5.74, 6) is 2.51. The Kier molecular flexibility index (Phi) is 5.03. The Morgan fingerprint density at radius 3 is 2.70 bits per heavy atom. The largest absolute Gasteiger partial charge is 0.496 e. The predicted molar refractivity (Wildman–Crippen MR) is 80.9 cm³/mol. The van der Waals surface area contributed by atoms with Crippen molar-refractivity contribution in [1.29, 1.82) is 0 Å². The highest BCUT2D eigenvalue weighted by atomic mass is 32.2. The monoisotopic (exact) mass is 292 g/mol. The van der Waals surface area contributed by atoms with Crippen molar-refractivity contribution in [2.75, 3.05) is 7.11 Å². The van der Waals surface area contributed by atoms with Gasteiger partial charge in [-0.3, -0.25) is 0 Å². The third-order valence-electron chi connectivity index (χ3n) is 2.98. The van der Waals surface area contributed by atoms with Crippen LogP contribution in [0.25, 0.3) is 0 Å². The summed E-state index contributed by atoms with van der Waals surface area (Å²) in [4.78, 5) is 0. The first kappa shape index (κ1) is 14.9. The predicted octanol–water partition coefficient (Wildman–Crippen LogP) is 2.62. The topological polar surface area (TPSA) is 66.0 Å². The lowest BCUT2D eigenvalue weighted by molar-refractivity contribution is 0.411. The van der Waals surface area contributed by atoms with Crippen molar-refractivity contribution in [3.8, 4) is 5.75 Å². The van der Waals surface area contributed by atoms with E-state index in [2.05, 4.69) is 34.7 Å². The van der Waals surface area contributed by atoms with Gasteiger partial charge in [-0.1, -0.05) is 30.0 Å². The average Bonchev–Trinajstić information content (AvgIpc) is 2.88. The summed E-state index contributed by atoms with van der Waals surface area (Å²) in [6.07, 6.45) is 0. The van der Waals surface area contributed by atoms with Gasteiger partial charge < -0.3 is 15.0 Å². The van der Waals surface area contributed by atoms with Crippen LogP contribution >= 0.6 is 11.8 Å². The molecule has 0 aliphatic carbocycles. The molecule has 2 N–H and O–H groups in total. The molecule has 0 bridgehead atoms. The number of ether oxygens (including phenoxy) is 1. The Labute approximate surface area is 123 Å². The van der Waals surface area contributed by atoms with Gasteiger partial charge in [-0.15, -0.1) is 10.2 Å². The van der Waals surface area contributed by atoms with Crippen molar-refractivity contribution in [1.82, 2.24) is 14.8 Å². The number of methoxy groups -OCH3 is 1. The maximum absolute atomic E-state index is 5.70. The summed E-state index contributed by atoms with van der Waals surface area (Å²) in [5, 5.41) is 9.28. The molecule has 0 spiro atoms. The number of hydrogen-bond acceptors (Lipinski definition) is 5. The van der Waals surface area contributed by atoms with Crippen molar-refractivity contribution >= 4 is 11.8 Å². The molecule has 0 atom stereocenters. The summed E-state index contributed by atoms with van der Waals surface area (Å²) in [6.45, 7) is 4.62. The van der Waals surface area contributed by atoms with E-state index in [9.17, 15) is 0 Å². The van der Waals surface area contributed by atoms with Gasteiger partial charge >= 0.3 is 0 Å². The van der Waals surface area contributed by atoms with Crippen LogP contribution in [0, 0.1) is 0 Å². The molecular weight excluding hydrogens is 272 g/mol. The fraction of sp³-hybridized carbons (Fsp3) is 0.429. The minimum absolute atomic E-state index is 0.295. The van der Waals surface area contributed by atoms with Crippen LogP contribution in [-0.2, 0) is 12.3 Å². The van der Waals surface area contributed by atoms with Gasteiger partial charge in [0, 0.05) is 17.4 Å². The second kappa shape index (κ2) is 6.76. The second-order valence-electron chi connectivity index (χ2n) is 4.67. The maximum Gasteiger partial charge on any atom is 0.191 e. The lowest BCUT2D eigenvalue weighted by atomic mass is 10.2. The number of thioether (sulfide) groups is 1. The first-order chi connectivity index (χ1) is 9.67. The zero-order chi connectivity index (χ0) is 14.5. The van der Waals surface area contributed by atoms with Gasteiger partial charge in [0.05, 0.1) is 13.7 Å². The third kappa shape index (κ3) is 3.13. The van der Waals surface area contributed by atoms with Crippen molar-refractivity contribution in [2.24, 2.45) is 5.73 Å². The summed E-state index contributed by atoms with van der Waals surface area (Å²) < 4.78 is 7.45. The first-order valence-corrected chi connectivity index (χ1v) is 7.54. The molecule has 0 saturated carbocycles. The molecular formula is C14H20N4OS. The minimum Gasteiger partial charge on any atom is -0.496 e. The van der Waals surface area contributed by atoms with E-state index in [1.54, 1.807) is 18.9 Å². The van der Waals surface area contributed by atoms with Crippen molar-refractivity contribution in [3.05, 3.63) is 35.7 Å². The highest BCUT2D eigenvalue weighted by Gasteiger charge is 2.14. The Bertz CT molecular complexity index is 568. The van der Waals surface area contributed by atoms with Crippen LogP contribution in [0.5, 0.6) is 5.75 Å². The molecule has 0 fully saturated rings. The van der Waals surface area contributed by atoms with E-state index in [1.807, 2.05) is 18.2 Å². The zero-order valence-corrected chi connectivity index (χ0v) is 12.9. The Balaban J connectivity index is 2.17. The normalized spacial score (nSPS) is 11.1. The van der Waals surface area contributed by atoms with Gasteiger partial charge in [-0.25, -0.2) is 0 Å². The lowest BCUT2D eigenvalue weighted by Gasteiger charge is -2.13. The number of nitrogens with two attached hydrogens (primary N) is 1. The van der Waals surface area contributed by atoms with Crippen LogP contribution < -0.4 is 10.5 Å². The molecule has 1 aromatic heterocycles. The van der Waals surface area contributed by atoms with Gasteiger partial charge in [-0.2, -0.15) is 0 Å². The summed E-state index contributed by atoms with van der Waals surface area (Å²) in [6, 6.07) is 8.30. The van der Waals surface area contributed by atoms with E-state index in [0.717, 1.165) is 28.0 Å². The molecule has 1 aromatic carbocycles. The number of hydrogen-bond donors (Lipinski definition) is 1. The van der Waals surface area contributed by atoms with E-state index in [-0.39, 0.29) is 0 Å². The molecule has 0 aliphatic rings. The number of aromatic nitrogens is 3. The van der Waals surface area contributed by atoms with Gasteiger partial charge in [0.2, 0.25) is 0 Å². The second-order valence-corrected chi connectivity index (χ2v) is 5.61. The van der Waals surface area contributed by atoms with Crippen LogP contribution in [0.3, 0.4) is 0 Å². The van der Waals surface area contributed by atoms with Gasteiger partial charge in [0.15, 0.2) is 5.16 Å². The average molecular weight is 292 g/mol. The molecule has 20 heavy (non-hydrogen) atoms. The molecule has 5 nitrogen and oxygen atoms in total. The zero-order valence-electron chi connectivity index (χ0n) is 12.0. The smallest absolute Gasteiger partial charge is 0.191 e. The molecule has 0 saturated heterocycles. The van der Waals surface area contributed by atoms with Gasteiger partial charge in [-0.05, 0) is 19.9 Å². The maximum atomic E-state index is 5.70. The Hall–Kier alpha value is -1.53. The van der Waals surface area contributed by atoms with E-state index in [4.69, 9.17) is 10.5 Å². The molecule has 0 radical (unpaired) electrons. The molecule has 0 aliphatic heterocycles. The standard InChI is InChI=1S/C14H20N4OS/c1-10(2)18-13(8-15)16-17-14(18)20-9-11-6-4-5-7-12(11)19-3/h4-7,10H,8-9,15H2,1-3H3. The van der Waals surface area contributed by atoms with Crippen molar-refractivity contribution in [2.45, 2.75) is 37.3 Å². The molecule has 0 amide bonds. The molecule has 6 heteroatoms. The Morgan fingerprint density at radius 1 is 1.30 bits per heavy atom. The highest BCUT2D eigenvalue weighted by Crippen LogP contribution is 2.28. The number of rotatable bonds is 6. The molecule has 2 aromatic rings. The van der Waals surface area contributed by atoms with E-state index >= 15 is 0 Å². The first-order valence-electron chi connectivity index (χ1n) is 6.56. The summed E-state index contributed by atoms with van der Waals surface area (Å²) >= 11 is 1.65. The summed E-state index contributed by atoms with van der Waals surface area (Å²) in [7, 11) is 1.69. The lowest BCUT2D eigenvalue weighted by Crippen LogP contribution is -2.11. The van der Waals surface area contributed by atoms with E-state index in [0.29, 0.717) is 12.6 Å². The highest BCUT2D eigenvalue weighted by molar-refractivity contribution is 7.98. The minimum atomic E-state index is 0.295. The SMILES string of the molecule is COc1ccccc1CSc1nnc(CN)n1C(C)C. The molecule has 0 unspecified atom stereocenters. The number of para-hydroxylation sites is 1. The van der Waals surface area contributed by atoms with Crippen LogP contribution in [-0.4, -0.2) is 21.9 Å². The van der Waals surface area contributed by atoms with Gasteiger partial charge in [0.25, 0.3) is 0 Å². The fourth-order valence-corrected chi connectivity index (χ4v) is 3.11. The number of nitrogens with zero attached hydrogens (tertiary/aromatic N) is 3. The van der Waals surface area contributed by atoms with Crippen LogP contribution in [0.4, 0.5) is 0 Å². The van der Waals surface area contributed by atoms with Crippen molar-refractivity contribution < 1.29 is 4.74 Å². The molecule has 1 heterocycles. The quantitative estimate of drug-likeness (QED) is 0.829. The fourth-order valence-electron chi connectivity index (χ4n) is 2.03. The van der Waals surface area contributed by atoms with Gasteiger partial charge in [0.1, 0.15) is 11.6 Å². The molecule has 2 rings (SSSR count). The van der Waals surface area contributed by atoms with Crippen LogP contribution in [0.2, 0.25) is 0 Å². The van der Waals surface area contributed by atoms with E-state index in [1.165, 1.54) is 0 Å². The van der Waals surface area contributed by atoms with E-state index < -0.39 is 0 Å². The summed E-state index contributed by atoms with van der Waals surface area (Å²) in [5.41, 5.74) is 6.85. The number of benzene rings is 1. The van der Waals surface area contributed by atoms with Crippen molar-refractivity contribution in [3.63, 3.8) is 0 Å². The molecule has 108 valence electrons. The van der Waals surface area contributed by atoms with Crippen LogP contribution in [0.15, 0.2) is 29.4 Å². The van der Waals surface area contributed by atoms with Crippen LogP contribution in [0.1, 0.15) is 31.3 Å².